The summed E-state index contributed by atoms with van der Waals surface area (Å²) >= 11 is 0. The Morgan fingerprint density at radius 3 is 2.81 bits per heavy atom. The number of aryl methyl sites for hydroxylation is 1. The molecule has 1 aromatic carbocycles. The van der Waals surface area contributed by atoms with Gasteiger partial charge in [-0.1, -0.05) is 12.8 Å². The molecule has 0 saturated heterocycles. The molecule has 1 amide bonds. The molecule has 0 saturated carbocycles. The highest BCUT2D eigenvalue weighted by Gasteiger charge is 2.20. The topological polar surface area (TPSA) is 90.3 Å². The second kappa shape index (κ2) is 8.33. The van der Waals surface area contributed by atoms with Crippen molar-refractivity contribution in [2.45, 2.75) is 58.6 Å². The fraction of sp³-hybridized carbons (Fsp3) is 0.500. The minimum atomic E-state index is -0.887. The molecule has 1 N–H and O–H groups in total. The van der Waals surface area contributed by atoms with Crippen LogP contribution in [0.15, 0.2) is 23.0 Å². The van der Waals surface area contributed by atoms with Crippen molar-refractivity contribution < 1.29 is 14.3 Å². The first kappa shape index (κ1) is 19.1. The number of nitrogens with zero attached hydrogens (tertiary/aromatic N) is 2. The van der Waals surface area contributed by atoms with Crippen LogP contribution in [0.25, 0.3) is 10.9 Å². The molecule has 7 nitrogen and oxygen atoms in total. The number of ether oxygens (including phenoxy) is 1. The second-order valence-corrected chi connectivity index (χ2v) is 6.82. The molecule has 0 fully saturated rings. The lowest BCUT2D eigenvalue weighted by atomic mass is 10.1. The number of hydrogen-bond donors (Lipinski definition) is 1. The predicted octanol–water partition coefficient (Wildman–Crippen LogP) is 2.19. The fourth-order valence-corrected chi connectivity index (χ4v) is 3.32. The summed E-state index contributed by atoms with van der Waals surface area (Å²) < 4.78 is 6.98. The molecule has 144 valence electrons. The lowest BCUT2D eigenvalue weighted by Gasteiger charge is -2.16. The van der Waals surface area contributed by atoms with E-state index >= 15 is 0 Å². The van der Waals surface area contributed by atoms with Crippen molar-refractivity contribution in [3.8, 4) is 0 Å². The number of hydrogen-bond acceptors (Lipinski definition) is 5. The van der Waals surface area contributed by atoms with Crippen LogP contribution in [0.4, 0.5) is 0 Å². The van der Waals surface area contributed by atoms with Crippen molar-refractivity contribution in [2.24, 2.45) is 0 Å². The molecule has 0 radical (unpaired) electrons. The molecule has 0 spiro atoms. The normalized spacial score (nSPS) is 15.3. The Kier molecular flexibility index (Phi) is 5.88. The number of amides is 1. The summed E-state index contributed by atoms with van der Waals surface area (Å²) in [4.78, 5) is 41.6. The van der Waals surface area contributed by atoms with Crippen LogP contribution in [0.1, 0.15) is 55.7 Å². The molecule has 1 aromatic heterocycles. The Bertz CT molecular complexity index is 919. The summed E-state index contributed by atoms with van der Waals surface area (Å²) in [5.41, 5.74) is 0.709. The van der Waals surface area contributed by atoms with Gasteiger partial charge in [0.25, 0.3) is 11.5 Å². The zero-order valence-corrected chi connectivity index (χ0v) is 15.8. The highest BCUT2D eigenvalue weighted by Crippen LogP contribution is 2.17. The highest BCUT2D eigenvalue weighted by molar-refractivity contribution is 5.95. The monoisotopic (exact) mass is 371 g/mol. The van der Waals surface area contributed by atoms with E-state index in [1.807, 2.05) is 0 Å². The molecule has 1 atom stereocenters. The number of carbonyl (C=O) groups is 2. The second-order valence-electron chi connectivity index (χ2n) is 6.82. The van der Waals surface area contributed by atoms with E-state index in [0.717, 1.165) is 37.9 Å². The van der Waals surface area contributed by atoms with Gasteiger partial charge < -0.3 is 10.1 Å². The maximum absolute atomic E-state index is 12.8. The number of rotatable bonds is 4. The number of likely N-dealkylation sites (N-methyl/N-ethyl adjacent to an activating group) is 1. The van der Waals surface area contributed by atoms with Crippen molar-refractivity contribution in [3.63, 3.8) is 0 Å². The Hall–Kier alpha value is -2.70. The molecule has 1 aliphatic rings. The van der Waals surface area contributed by atoms with Crippen LogP contribution in [0.5, 0.6) is 0 Å². The predicted molar refractivity (Wildman–Crippen MR) is 102 cm³/mol. The summed E-state index contributed by atoms with van der Waals surface area (Å²) in [6.07, 6.45) is 4.11. The van der Waals surface area contributed by atoms with Gasteiger partial charge in [-0.2, -0.15) is 0 Å². The fourth-order valence-electron chi connectivity index (χ4n) is 3.32. The van der Waals surface area contributed by atoms with Crippen molar-refractivity contribution in [3.05, 3.63) is 39.9 Å². The quantitative estimate of drug-likeness (QED) is 0.832. The van der Waals surface area contributed by atoms with Gasteiger partial charge in [-0.3, -0.25) is 14.2 Å². The Balaban J connectivity index is 1.90. The minimum Gasteiger partial charge on any atom is -0.449 e. The van der Waals surface area contributed by atoms with Crippen molar-refractivity contribution in [2.75, 3.05) is 6.54 Å². The standard InChI is InChI=1S/C20H25N3O4/c1-3-21-18(24)13(2)27-20(26)14-9-10-15-16(12-14)22-17-8-6-4-5-7-11-23(17)19(15)25/h9-10,12-13H,3-8,11H2,1-2H3,(H,21,24)/t13-/m1/s1. The van der Waals surface area contributed by atoms with Crippen LogP contribution >= 0.6 is 0 Å². The number of esters is 1. The summed E-state index contributed by atoms with van der Waals surface area (Å²) in [7, 11) is 0. The van der Waals surface area contributed by atoms with Crippen LogP contribution in [-0.2, 0) is 22.5 Å². The molecule has 2 heterocycles. The molecule has 2 aromatic rings. The average molecular weight is 371 g/mol. The lowest BCUT2D eigenvalue weighted by Crippen LogP contribution is -2.35. The Morgan fingerprint density at radius 2 is 2.04 bits per heavy atom. The van der Waals surface area contributed by atoms with Gasteiger partial charge in [0.05, 0.1) is 16.5 Å². The summed E-state index contributed by atoms with van der Waals surface area (Å²) in [5, 5.41) is 3.10. The van der Waals surface area contributed by atoms with Gasteiger partial charge in [0.15, 0.2) is 6.10 Å². The van der Waals surface area contributed by atoms with Crippen molar-refractivity contribution >= 4 is 22.8 Å². The lowest BCUT2D eigenvalue weighted by molar-refractivity contribution is -0.128. The number of benzene rings is 1. The summed E-state index contributed by atoms with van der Waals surface area (Å²) in [6, 6.07) is 4.74. The molecule has 0 aliphatic carbocycles. The molecule has 0 unspecified atom stereocenters. The van der Waals surface area contributed by atoms with E-state index in [0.29, 0.717) is 24.0 Å². The van der Waals surface area contributed by atoms with Gasteiger partial charge in [-0.25, -0.2) is 9.78 Å². The highest BCUT2D eigenvalue weighted by atomic mass is 16.5. The summed E-state index contributed by atoms with van der Waals surface area (Å²) in [5.74, 6) is -0.179. The van der Waals surface area contributed by atoms with Crippen LogP contribution in [0, 0.1) is 0 Å². The van der Waals surface area contributed by atoms with Crippen LogP contribution < -0.4 is 10.9 Å². The third-order valence-electron chi connectivity index (χ3n) is 4.81. The zero-order chi connectivity index (χ0) is 19.4. The number of fused-ring (bicyclic) bond motifs is 2. The molecule has 3 rings (SSSR count). The van der Waals surface area contributed by atoms with E-state index in [1.165, 1.54) is 6.92 Å². The van der Waals surface area contributed by atoms with Crippen molar-refractivity contribution in [1.29, 1.82) is 0 Å². The van der Waals surface area contributed by atoms with E-state index in [-0.39, 0.29) is 17.0 Å². The van der Waals surface area contributed by atoms with Crippen molar-refractivity contribution in [1.82, 2.24) is 14.9 Å². The third kappa shape index (κ3) is 4.18. The van der Waals surface area contributed by atoms with Gasteiger partial charge in [0.1, 0.15) is 5.82 Å². The van der Waals surface area contributed by atoms with E-state index in [2.05, 4.69) is 10.3 Å². The molecule has 0 bridgehead atoms. The molecule has 1 aliphatic heterocycles. The average Bonchev–Trinajstić information content (AvgIpc) is 2.63. The van der Waals surface area contributed by atoms with Gasteiger partial charge in [0.2, 0.25) is 0 Å². The number of aromatic nitrogens is 2. The molecule has 7 heteroatoms. The SMILES string of the molecule is CCNC(=O)[C@@H](C)OC(=O)c1ccc2c(=O)n3c(nc2c1)CCCCCC3. The maximum Gasteiger partial charge on any atom is 0.338 e. The number of carbonyl (C=O) groups excluding carboxylic acids is 2. The molecular weight excluding hydrogens is 346 g/mol. The largest absolute Gasteiger partial charge is 0.449 e. The first-order chi connectivity index (χ1) is 13.0. The molecular formula is C20H25N3O4. The van der Waals surface area contributed by atoms with Gasteiger partial charge in [0, 0.05) is 19.5 Å². The van der Waals surface area contributed by atoms with E-state index in [9.17, 15) is 14.4 Å². The van der Waals surface area contributed by atoms with Gasteiger partial charge >= 0.3 is 5.97 Å². The smallest absolute Gasteiger partial charge is 0.338 e. The third-order valence-corrected chi connectivity index (χ3v) is 4.81. The summed E-state index contributed by atoms with van der Waals surface area (Å²) in [6.45, 7) is 4.48. The van der Waals surface area contributed by atoms with Gasteiger partial charge in [-0.15, -0.1) is 0 Å². The van der Waals surface area contributed by atoms with E-state index < -0.39 is 12.1 Å². The van der Waals surface area contributed by atoms with E-state index in [1.54, 1.807) is 29.7 Å². The minimum absolute atomic E-state index is 0.0625. The zero-order valence-electron chi connectivity index (χ0n) is 15.8. The molecule has 27 heavy (non-hydrogen) atoms. The first-order valence-electron chi connectivity index (χ1n) is 9.53. The Morgan fingerprint density at radius 1 is 1.26 bits per heavy atom. The first-order valence-corrected chi connectivity index (χ1v) is 9.53. The van der Waals surface area contributed by atoms with E-state index in [4.69, 9.17) is 4.74 Å². The Labute approximate surface area is 157 Å². The van der Waals surface area contributed by atoms with Crippen LogP contribution in [-0.4, -0.2) is 34.1 Å². The van der Waals surface area contributed by atoms with Gasteiger partial charge in [-0.05, 0) is 44.9 Å². The number of nitrogens with one attached hydrogen (secondary N) is 1. The maximum atomic E-state index is 12.8. The van der Waals surface area contributed by atoms with Crippen LogP contribution in [0.2, 0.25) is 0 Å². The van der Waals surface area contributed by atoms with Crippen LogP contribution in [0.3, 0.4) is 0 Å².